The summed E-state index contributed by atoms with van der Waals surface area (Å²) in [7, 11) is 0. The largest absolute Gasteiger partial charge is 0.481 e. The van der Waals surface area contributed by atoms with Crippen molar-refractivity contribution >= 4 is 5.97 Å². The van der Waals surface area contributed by atoms with Crippen LogP contribution in [0.3, 0.4) is 0 Å². The van der Waals surface area contributed by atoms with Gasteiger partial charge in [-0.05, 0) is 26.7 Å². The second kappa shape index (κ2) is 5.75. The molecule has 0 amide bonds. The fraction of sp³-hybridized carbons (Fsp3) is 0.700. The lowest BCUT2D eigenvalue weighted by Gasteiger charge is -2.18. The Morgan fingerprint density at radius 2 is 2.15 bits per heavy atom. The van der Waals surface area contributed by atoms with Crippen LogP contribution in [0.1, 0.15) is 26.7 Å². The van der Waals surface area contributed by atoms with Gasteiger partial charge in [-0.2, -0.15) is 0 Å². The molecule has 0 aromatic heterocycles. The van der Waals surface area contributed by atoms with E-state index in [1.54, 1.807) is 19.9 Å². The van der Waals surface area contributed by atoms with E-state index in [1.165, 1.54) is 0 Å². The van der Waals surface area contributed by atoms with E-state index in [0.29, 0.717) is 19.6 Å². The number of rotatable bonds is 7. The molecule has 0 fully saturated rings. The first-order chi connectivity index (χ1) is 6.00. The molecule has 0 heterocycles. The van der Waals surface area contributed by atoms with Gasteiger partial charge in [-0.3, -0.25) is 4.79 Å². The number of hydrogen-bond acceptors (Lipinski definition) is 2. The summed E-state index contributed by atoms with van der Waals surface area (Å²) >= 11 is 0. The summed E-state index contributed by atoms with van der Waals surface area (Å²) in [4.78, 5) is 10.7. The minimum absolute atomic E-state index is 0.493. The molecule has 0 aliphatic carbocycles. The van der Waals surface area contributed by atoms with Crippen LogP contribution in [-0.4, -0.2) is 24.3 Å². The van der Waals surface area contributed by atoms with Crippen molar-refractivity contribution < 1.29 is 14.6 Å². The van der Waals surface area contributed by atoms with E-state index in [4.69, 9.17) is 9.84 Å². The summed E-state index contributed by atoms with van der Waals surface area (Å²) < 4.78 is 5.23. The summed E-state index contributed by atoms with van der Waals surface area (Å²) in [5, 5.41) is 8.77. The van der Waals surface area contributed by atoms with Crippen LogP contribution >= 0.6 is 0 Å². The predicted molar refractivity (Wildman–Crippen MR) is 51.7 cm³/mol. The quantitative estimate of drug-likeness (QED) is 0.489. The summed E-state index contributed by atoms with van der Waals surface area (Å²) in [5.41, 5.74) is -0.686. The third-order valence-corrected chi connectivity index (χ3v) is 1.92. The highest BCUT2D eigenvalue weighted by molar-refractivity contribution is 5.73. The first kappa shape index (κ1) is 12.2. The van der Waals surface area contributed by atoms with Gasteiger partial charge in [0.2, 0.25) is 0 Å². The molecule has 0 spiro atoms. The Balaban J connectivity index is 3.52. The summed E-state index contributed by atoms with van der Waals surface area (Å²) in [6.07, 6.45) is 3.13. The van der Waals surface area contributed by atoms with Gasteiger partial charge in [0.1, 0.15) is 0 Å². The lowest BCUT2D eigenvalue weighted by molar-refractivity contribution is -0.148. The molecule has 0 aliphatic rings. The number of carbonyl (C=O) groups is 1. The Morgan fingerprint density at radius 3 is 2.62 bits per heavy atom. The standard InChI is InChI=1S/C10H18O3/c1-4-5-7-13-8-6-10(2,3)9(11)12/h4H,1,5-8H2,2-3H3,(H,11,12). The van der Waals surface area contributed by atoms with Crippen LogP contribution in [0, 0.1) is 5.41 Å². The second-order valence-electron chi connectivity index (χ2n) is 3.63. The molecule has 0 atom stereocenters. The average Bonchev–Trinajstić information content (AvgIpc) is 2.03. The molecule has 1 N–H and O–H groups in total. The Kier molecular flexibility index (Phi) is 5.39. The van der Waals surface area contributed by atoms with E-state index in [1.807, 2.05) is 0 Å². The molecular weight excluding hydrogens is 168 g/mol. The molecule has 0 rings (SSSR count). The van der Waals surface area contributed by atoms with Crippen LogP contribution in [0.15, 0.2) is 12.7 Å². The molecule has 0 bridgehead atoms. The van der Waals surface area contributed by atoms with Crippen molar-refractivity contribution in [2.75, 3.05) is 13.2 Å². The van der Waals surface area contributed by atoms with Gasteiger partial charge in [0.15, 0.2) is 0 Å². The summed E-state index contributed by atoms with van der Waals surface area (Å²) in [6, 6.07) is 0. The minimum atomic E-state index is -0.778. The molecular formula is C10H18O3. The van der Waals surface area contributed by atoms with Gasteiger partial charge >= 0.3 is 5.97 Å². The van der Waals surface area contributed by atoms with E-state index in [9.17, 15) is 4.79 Å². The highest BCUT2D eigenvalue weighted by Gasteiger charge is 2.26. The molecule has 0 saturated heterocycles. The van der Waals surface area contributed by atoms with Crippen LogP contribution in [0.2, 0.25) is 0 Å². The van der Waals surface area contributed by atoms with Crippen molar-refractivity contribution in [3.8, 4) is 0 Å². The fourth-order valence-corrected chi connectivity index (χ4v) is 0.703. The van der Waals surface area contributed by atoms with E-state index in [2.05, 4.69) is 6.58 Å². The van der Waals surface area contributed by atoms with Gasteiger partial charge in [0, 0.05) is 13.2 Å². The molecule has 0 radical (unpaired) electrons. The van der Waals surface area contributed by atoms with Gasteiger partial charge in [0.25, 0.3) is 0 Å². The SMILES string of the molecule is C=CCCOCCC(C)(C)C(=O)O. The smallest absolute Gasteiger partial charge is 0.309 e. The zero-order valence-corrected chi connectivity index (χ0v) is 8.38. The van der Waals surface area contributed by atoms with Gasteiger partial charge in [-0.25, -0.2) is 0 Å². The molecule has 76 valence electrons. The normalized spacial score (nSPS) is 11.2. The van der Waals surface area contributed by atoms with Crippen molar-refractivity contribution in [2.24, 2.45) is 5.41 Å². The van der Waals surface area contributed by atoms with Gasteiger partial charge in [-0.1, -0.05) is 6.08 Å². The van der Waals surface area contributed by atoms with Crippen molar-refractivity contribution in [3.63, 3.8) is 0 Å². The van der Waals surface area contributed by atoms with Gasteiger partial charge in [-0.15, -0.1) is 6.58 Å². The summed E-state index contributed by atoms with van der Waals surface area (Å²) in [6.45, 7) is 8.08. The molecule has 0 aromatic carbocycles. The number of ether oxygens (including phenoxy) is 1. The third kappa shape index (κ3) is 5.42. The van der Waals surface area contributed by atoms with Crippen molar-refractivity contribution in [2.45, 2.75) is 26.7 Å². The Bertz CT molecular complexity index is 173. The molecule has 0 saturated carbocycles. The van der Waals surface area contributed by atoms with Crippen molar-refractivity contribution in [1.82, 2.24) is 0 Å². The first-order valence-corrected chi connectivity index (χ1v) is 4.43. The second-order valence-corrected chi connectivity index (χ2v) is 3.63. The Morgan fingerprint density at radius 1 is 1.54 bits per heavy atom. The van der Waals surface area contributed by atoms with Gasteiger partial charge < -0.3 is 9.84 Å². The molecule has 0 aliphatic heterocycles. The van der Waals surface area contributed by atoms with Crippen LogP contribution < -0.4 is 0 Å². The number of carboxylic acid groups (broad SMARTS) is 1. The maximum absolute atomic E-state index is 10.7. The number of carboxylic acids is 1. The topological polar surface area (TPSA) is 46.5 Å². The van der Waals surface area contributed by atoms with Crippen LogP contribution in [0.5, 0.6) is 0 Å². The van der Waals surface area contributed by atoms with Gasteiger partial charge in [0.05, 0.1) is 5.41 Å². The zero-order valence-electron chi connectivity index (χ0n) is 8.38. The maximum atomic E-state index is 10.7. The highest BCUT2D eigenvalue weighted by atomic mass is 16.5. The lowest BCUT2D eigenvalue weighted by atomic mass is 9.90. The summed E-state index contributed by atoms with van der Waals surface area (Å²) in [5.74, 6) is -0.778. The number of hydrogen-bond donors (Lipinski definition) is 1. The molecule has 0 aromatic rings. The van der Waals surface area contributed by atoms with Crippen LogP contribution in [0.25, 0.3) is 0 Å². The maximum Gasteiger partial charge on any atom is 0.309 e. The number of aliphatic carboxylic acids is 1. The highest BCUT2D eigenvalue weighted by Crippen LogP contribution is 2.19. The Labute approximate surface area is 79.4 Å². The third-order valence-electron chi connectivity index (χ3n) is 1.92. The van der Waals surface area contributed by atoms with Crippen molar-refractivity contribution in [3.05, 3.63) is 12.7 Å². The van der Waals surface area contributed by atoms with E-state index >= 15 is 0 Å². The fourth-order valence-electron chi connectivity index (χ4n) is 0.703. The zero-order chi connectivity index (χ0) is 10.3. The van der Waals surface area contributed by atoms with Crippen molar-refractivity contribution in [1.29, 1.82) is 0 Å². The molecule has 13 heavy (non-hydrogen) atoms. The first-order valence-electron chi connectivity index (χ1n) is 4.43. The molecule has 0 unspecified atom stereocenters. The minimum Gasteiger partial charge on any atom is -0.481 e. The monoisotopic (exact) mass is 186 g/mol. The molecule has 3 nitrogen and oxygen atoms in total. The van der Waals surface area contributed by atoms with E-state index < -0.39 is 11.4 Å². The van der Waals surface area contributed by atoms with Crippen LogP contribution in [0.4, 0.5) is 0 Å². The lowest BCUT2D eigenvalue weighted by Crippen LogP contribution is -2.25. The predicted octanol–water partition coefficient (Wildman–Crippen LogP) is 2.08. The van der Waals surface area contributed by atoms with E-state index in [-0.39, 0.29) is 0 Å². The van der Waals surface area contributed by atoms with Crippen LogP contribution in [-0.2, 0) is 9.53 Å². The van der Waals surface area contributed by atoms with E-state index in [0.717, 1.165) is 6.42 Å². The average molecular weight is 186 g/mol. The Hall–Kier alpha value is -0.830. The molecule has 3 heteroatoms.